The van der Waals surface area contributed by atoms with Gasteiger partial charge in [-0.3, -0.25) is 0 Å². The number of nitriles is 1. The number of aliphatic carboxylic acids is 2. The minimum Gasteiger partial charge on any atom is -0.496 e. The second kappa shape index (κ2) is 11.8. The molecule has 0 aliphatic rings. The summed E-state index contributed by atoms with van der Waals surface area (Å²) in [6.45, 7) is 0.916. The molecule has 8 heteroatoms. The lowest BCUT2D eigenvalue weighted by Crippen LogP contribution is -2.28. The summed E-state index contributed by atoms with van der Waals surface area (Å²) in [6, 6.07) is 17.9. The molecule has 2 aromatic carbocycles. The Morgan fingerprint density at radius 1 is 1.13 bits per heavy atom. The normalized spacial score (nSPS) is 12.1. The molecule has 2 rings (SSSR count). The number of hydrogen-bond acceptors (Lipinski definition) is 5. The molecule has 0 fully saturated rings. The fourth-order valence-electron chi connectivity index (χ4n) is 3.01. The molecule has 0 saturated heterocycles. The quantitative estimate of drug-likeness (QED) is 0.642. The van der Waals surface area contributed by atoms with Gasteiger partial charge in [-0.1, -0.05) is 41.9 Å². The van der Waals surface area contributed by atoms with Crippen molar-refractivity contribution in [3.8, 4) is 11.8 Å². The second-order valence-electron chi connectivity index (χ2n) is 6.74. The highest BCUT2D eigenvalue weighted by molar-refractivity contribution is 6.30. The van der Waals surface area contributed by atoms with Gasteiger partial charge in [0.05, 0.1) is 13.2 Å². The van der Waals surface area contributed by atoms with E-state index < -0.39 is 17.4 Å². The second-order valence-corrected chi connectivity index (χ2v) is 7.18. The van der Waals surface area contributed by atoms with Crippen LogP contribution in [0.25, 0.3) is 0 Å². The zero-order chi connectivity index (χ0) is 22.7. The van der Waals surface area contributed by atoms with Crippen LogP contribution in [0.2, 0.25) is 5.02 Å². The molecule has 2 N–H and O–H groups in total. The van der Waals surface area contributed by atoms with Crippen LogP contribution in [0.1, 0.15) is 24.0 Å². The average Bonchev–Trinajstić information content (AvgIpc) is 2.72. The summed E-state index contributed by atoms with van der Waals surface area (Å²) < 4.78 is 5.54. The summed E-state index contributed by atoms with van der Waals surface area (Å²) in [4.78, 5) is 20.3. The van der Waals surface area contributed by atoms with Gasteiger partial charge in [-0.05, 0) is 57.2 Å². The lowest BCUT2D eigenvalue weighted by molar-refractivity contribution is -0.159. The fourth-order valence-corrected chi connectivity index (χ4v) is 3.18. The van der Waals surface area contributed by atoms with E-state index in [1.165, 1.54) is 0 Å². The molecule has 0 radical (unpaired) electrons. The maximum Gasteiger partial charge on any atom is 0.414 e. The molecule has 0 amide bonds. The van der Waals surface area contributed by atoms with Crippen molar-refractivity contribution in [2.75, 3.05) is 27.7 Å². The molecule has 1 unspecified atom stereocenters. The van der Waals surface area contributed by atoms with Crippen molar-refractivity contribution in [1.82, 2.24) is 4.90 Å². The third kappa shape index (κ3) is 6.76. The van der Waals surface area contributed by atoms with Crippen LogP contribution in [0.5, 0.6) is 5.75 Å². The van der Waals surface area contributed by atoms with Crippen molar-refractivity contribution in [2.24, 2.45) is 0 Å². The molecule has 0 saturated carbocycles. The van der Waals surface area contributed by atoms with Crippen LogP contribution >= 0.6 is 11.6 Å². The number of ether oxygens (including phenoxy) is 1. The summed E-state index contributed by atoms with van der Waals surface area (Å²) in [7, 11) is 5.70. The molecule has 1 atom stereocenters. The number of nitrogens with zero attached hydrogens (tertiary/aromatic N) is 2. The van der Waals surface area contributed by atoms with Gasteiger partial charge in [-0.2, -0.15) is 5.26 Å². The van der Waals surface area contributed by atoms with Gasteiger partial charge in [0, 0.05) is 10.6 Å². The van der Waals surface area contributed by atoms with Crippen molar-refractivity contribution >= 4 is 23.5 Å². The Kier molecular flexibility index (Phi) is 9.82. The molecule has 2 aromatic rings. The molecule has 7 nitrogen and oxygen atoms in total. The molecule has 0 aliphatic heterocycles. The Morgan fingerprint density at radius 2 is 1.73 bits per heavy atom. The summed E-state index contributed by atoms with van der Waals surface area (Å²) >= 11 is 6.24. The van der Waals surface area contributed by atoms with Crippen LogP contribution in [0.4, 0.5) is 0 Å². The van der Waals surface area contributed by atoms with E-state index in [0.717, 1.165) is 24.1 Å². The third-order valence-corrected chi connectivity index (χ3v) is 4.65. The van der Waals surface area contributed by atoms with E-state index in [4.69, 9.17) is 36.1 Å². The summed E-state index contributed by atoms with van der Waals surface area (Å²) in [5.41, 5.74) is 1.00. The van der Waals surface area contributed by atoms with Gasteiger partial charge in [-0.15, -0.1) is 0 Å². The predicted octanol–water partition coefficient (Wildman–Crippen LogP) is 3.66. The van der Waals surface area contributed by atoms with E-state index in [2.05, 4.69) is 11.0 Å². The SMILES string of the molecule is COc1ccc(Cl)cc1C(C#N)(CCCN(C)C)c1ccccc1.O=C(O)C(=O)O. The van der Waals surface area contributed by atoms with Crippen molar-refractivity contribution in [1.29, 1.82) is 5.26 Å². The van der Waals surface area contributed by atoms with Gasteiger partial charge < -0.3 is 19.8 Å². The van der Waals surface area contributed by atoms with Crippen LogP contribution in [-0.4, -0.2) is 54.8 Å². The van der Waals surface area contributed by atoms with Crippen LogP contribution in [0.15, 0.2) is 48.5 Å². The Morgan fingerprint density at radius 3 is 2.20 bits per heavy atom. The van der Waals surface area contributed by atoms with E-state index in [1.54, 1.807) is 13.2 Å². The highest BCUT2D eigenvalue weighted by Crippen LogP contribution is 2.42. The monoisotopic (exact) mass is 432 g/mol. The van der Waals surface area contributed by atoms with E-state index in [9.17, 15) is 5.26 Å². The Labute approximate surface area is 181 Å². The van der Waals surface area contributed by atoms with Gasteiger partial charge in [0.1, 0.15) is 11.2 Å². The molecule has 160 valence electrons. The van der Waals surface area contributed by atoms with Gasteiger partial charge in [0.15, 0.2) is 0 Å². The van der Waals surface area contributed by atoms with Gasteiger partial charge in [0.25, 0.3) is 0 Å². The van der Waals surface area contributed by atoms with Crippen molar-refractivity contribution in [3.05, 3.63) is 64.7 Å². The largest absolute Gasteiger partial charge is 0.496 e. The molecule has 0 spiro atoms. The lowest BCUT2D eigenvalue weighted by atomic mass is 9.72. The van der Waals surface area contributed by atoms with Gasteiger partial charge >= 0.3 is 11.9 Å². The third-order valence-electron chi connectivity index (χ3n) is 4.42. The Hall–Kier alpha value is -3.08. The average molecular weight is 433 g/mol. The summed E-state index contributed by atoms with van der Waals surface area (Å²) in [5, 5.41) is 25.6. The van der Waals surface area contributed by atoms with E-state index in [0.29, 0.717) is 17.2 Å². The number of benzene rings is 2. The first kappa shape index (κ1) is 25.0. The molecule has 30 heavy (non-hydrogen) atoms. The zero-order valence-electron chi connectivity index (χ0n) is 17.1. The number of methoxy groups -OCH3 is 1. The Balaban J connectivity index is 0.000000656. The van der Waals surface area contributed by atoms with Gasteiger partial charge in [0.2, 0.25) is 0 Å². The van der Waals surface area contributed by atoms with Crippen LogP contribution < -0.4 is 4.74 Å². The molecular formula is C22H25ClN2O5. The molecule has 0 bridgehead atoms. The summed E-state index contributed by atoms with van der Waals surface area (Å²) in [5.74, 6) is -2.96. The number of carbonyl (C=O) groups is 2. The first-order valence-corrected chi connectivity index (χ1v) is 9.47. The van der Waals surface area contributed by atoms with E-state index >= 15 is 0 Å². The van der Waals surface area contributed by atoms with E-state index in [-0.39, 0.29) is 0 Å². The van der Waals surface area contributed by atoms with Crippen molar-refractivity contribution < 1.29 is 24.5 Å². The molecule has 0 aromatic heterocycles. The number of carboxylic acids is 2. The molecule has 0 heterocycles. The molecular weight excluding hydrogens is 408 g/mol. The van der Waals surface area contributed by atoms with Crippen molar-refractivity contribution in [3.63, 3.8) is 0 Å². The van der Waals surface area contributed by atoms with E-state index in [1.807, 2.05) is 56.6 Å². The fraction of sp³-hybridized carbons (Fsp3) is 0.318. The summed E-state index contributed by atoms with van der Waals surface area (Å²) in [6.07, 6.45) is 1.59. The standard InChI is InChI=1S/C20H23ClN2O.C2H2O4/c1-23(2)13-7-12-20(15-22,16-8-5-4-6-9-16)18-14-17(21)10-11-19(18)24-3;3-1(4)2(5)6/h4-6,8-11,14H,7,12-13H2,1-3H3;(H,3,4)(H,5,6). The number of rotatable bonds is 7. The van der Waals surface area contributed by atoms with Crippen molar-refractivity contribution in [2.45, 2.75) is 18.3 Å². The lowest BCUT2D eigenvalue weighted by Gasteiger charge is -2.30. The Bertz CT molecular complexity index is 884. The highest BCUT2D eigenvalue weighted by atomic mass is 35.5. The smallest absolute Gasteiger partial charge is 0.414 e. The van der Waals surface area contributed by atoms with Crippen LogP contribution in [0, 0.1) is 11.3 Å². The maximum atomic E-state index is 10.2. The van der Waals surface area contributed by atoms with Crippen LogP contribution in [-0.2, 0) is 15.0 Å². The first-order chi connectivity index (χ1) is 14.2. The minimum atomic E-state index is -1.82. The molecule has 0 aliphatic carbocycles. The zero-order valence-corrected chi connectivity index (χ0v) is 17.9. The highest BCUT2D eigenvalue weighted by Gasteiger charge is 2.37. The van der Waals surface area contributed by atoms with Crippen LogP contribution in [0.3, 0.4) is 0 Å². The number of hydrogen-bond donors (Lipinski definition) is 2. The minimum absolute atomic E-state index is 0.606. The topological polar surface area (TPSA) is 111 Å². The maximum absolute atomic E-state index is 10.2. The number of carboxylic acid groups (broad SMARTS) is 2. The number of halogens is 1. The predicted molar refractivity (Wildman–Crippen MR) is 114 cm³/mol. The van der Waals surface area contributed by atoms with Gasteiger partial charge in [-0.25, -0.2) is 9.59 Å². The first-order valence-electron chi connectivity index (χ1n) is 9.09.